The van der Waals surface area contributed by atoms with E-state index < -0.39 is 45.2 Å². The van der Waals surface area contributed by atoms with E-state index in [1.165, 1.54) is 10.9 Å². The molecule has 0 spiro atoms. The molecule has 14 heteroatoms. The van der Waals surface area contributed by atoms with Crippen LogP contribution in [0.3, 0.4) is 0 Å². The Morgan fingerprint density at radius 1 is 1.45 bits per heavy atom. The Balaban J connectivity index is 1.59. The summed E-state index contributed by atoms with van der Waals surface area (Å²) in [5.74, 6) is -2.51. The molecule has 2 aromatic heterocycles. The van der Waals surface area contributed by atoms with Crippen molar-refractivity contribution in [3.05, 3.63) is 6.33 Å². The lowest BCUT2D eigenvalue weighted by Gasteiger charge is -2.45. The topological polar surface area (TPSA) is 133 Å². The molecule has 2 saturated heterocycles. The number of alkyl halides is 2. The second-order valence-corrected chi connectivity index (χ2v) is 9.32. The number of nitrogen functional groups attached to an aromatic ring is 1. The van der Waals surface area contributed by atoms with E-state index in [9.17, 15) is 4.57 Å². The highest BCUT2D eigenvalue weighted by Gasteiger charge is 2.59. The van der Waals surface area contributed by atoms with Crippen LogP contribution in [0.1, 0.15) is 33.4 Å². The Labute approximate surface area is 176 Å². The van der Waals surface area contributed by atoms with E-state index in [2.05, 4.69) is 15.0 Å². The number of imidazole rings is 1. The molecule has 0 bridgehead atoms. The monoisotopic (exact) mass is 463 g/mol. The predicted octanol–water partition coefficient (Wildman–Crippen LogP) is 2.93. The number of nitrogens with two attached hydrogens (primary N) is 1. The fourth-order valence-corrected chi connectivity index (χ4v) is 4.89. The average Bonchev–Trinajstić information content (AvgIpc) is 3.11. The van der Waals surface area contributed by atoms with Gasteiger partial charge in [-0.05, 0) is 12.8 Å². The van der Waals surface area contributed by atoms with Crippen LogP contribution in [-0.4, -0.2) is 57.5 Å². The van der Waals surface area contributed by atoms with Gasteiger partial charge in [0.1, 0.15) is 18.9 Å². The van der Waals surface area contributed by atoms with E-state index in [4.69, 9.17) is 28.8 Å². The molecule has 2 fully saturated rings. The fourth-order valence-electron chi connectivity index (χ4n) is 3.32. The maximum atomic E-state index is 15.5. The van der Waals surface area contributed by atoms with E-state index in [1.54, 1.807) is 6.92 Å². The molecular weight excluding hydrogens is 439 g/mol. The zero-order valence-corrected chi connectivity index (χ0v) is 18.1. The van der Waals surface area contributed by atoms with Crippen molar-refractivity contribution >= 4 is 24.9 Å². The number of fused-ring (bicyclic) bond motifs is 2. The zero-order chi connectivity index (χ0) is 22.4. The lowest BCUT2D eigenvalue weighted by Crippen LogP contribution is -2.56. The molecule has 172 valence electrons. The normalized spacial score (nSPS) is 33.5. The van der Waals surface area contributed by atoms with Crippen LogP contribution in [0.25, 0.3) is 11.2 Å². The number of rotatable bonds is 6. The first kappa shape index (κ1) is 22.3. The van der Waals surface area contributed by atoms with Gasteiger partial charge in [-0.2, -0.15) is 9.97 Å². The third-order valence-corrected chi connectivity index (χ3v) is 6.17. The molecule has 2 aliphatic heterocycles. The van der Waals surface area contributed by atoms with Gasteiger partial charge >= 0.3 is 7.82 Å². The van der Waals surface area contributed by atoms with Crippen molar-refractivity contribution in [3.63, 3.8) is 0 Å². The summed E-state index contributed by atoms with van der Waals surface area (Å²) in [6.07, 6.45) is -3.87. The Morgan fingerprint density at radius 3 is 2.94 bits per heavy atom. The second-order valence-electron chi connectivity index (χ2n) is 7.69. The van der Waals surface area contributed by atoms with Crippen LogP contribution in [0, 0.1) is 5.92 Å². The molecular formula is C17H24F2N5O6P. The number of phosphoric acid groups is 1. The van der Waals surface area contributed by atoms with Gasteiger partial charge in [-0.15, -0.1) is 0 Å². The highest BCUT2D eigenvalue weighted by molar-refractivity contribution is 7.48. The molecule has 5 atom stereocenters. The highest BCUT2D eigenvalue weighted by atomic mass is 31.2. The summed E-state index contributed by atoms with van der Waals surface area (Å²) in [7, 11) is -4.02. The number of hydrogen-bond acceptors (Lipinski definition) is 10. The van der Waals surface area contributed by atoms with Gasteiger partial charge < -0.3 is 15.2 Å². The van der Waals surface area contributed by atoms with Gasteiger partial charge in [-0.3, -0.25) is 18.1 Å². The molecule has 0 radical (unpaired) electrons. The summed E-state index contributed by atoms with van der Waals surface area (Å²) >= 11 is 0. The Hall–Kier alpha value is -1.92. The predicted molar refractivity (Wildman–Crippen MR) is 104 cm³/mol. The van der Waals surface area contributed by atoms with Crippen molar-refractivity contribution in [2.75, 3.05) is 25.6 Å². The minimum Gasteiger partial charge on any atom is -0.476 e. The first-order valence-corrected chi connectivity index (χ1v) is 11.3. The number of ether oxygens (including phenoxy) is 2. The lowest BCUT2D eigenvalue weighted by molar-refractivity contribution is -0.313. The molecule has 0 aromatic carbocycles. The van der Waals surface area contributed by atoms with Crippen molar-refractivity contribution in [2.24, 2.45) is 5.92 Å². The minimum atomic E-state index is -4.02. The number of hydrogen-bond donors (Lipinski definition) is 1. The second kappa shape index (κ2) is 8.21. The Kier molecular flexibility index (Phi) is 5.90. The summed E-state index contributed by atoms with van der Waals surface area (Å²) in [6, 6.07) is 0. The van der Waals surface area contributed by atoms with E-state index in [0.717, 1.165) is 0 Å². The summed E-state index contributed by atoms with van der Waals surface area (Å²) < 4.78 is 70.7. The smallest absolute Gasteiger partial charge is 0.475 e. The van der Waals surface area contributed by atoms with Crippen molar-refractivity contribution < 1.29 is 36.4 Å². The lowest BCUT2D eigenvalue weighted by atomic mass is 10.0. The van der Waals surface area contributed by atoms with E-state index in [0.29, 0.717) is 6.61 Å². The quantitative estimate of drug-likeness (QED) is 0.638. The molecule has 2 aliphatic rings. The van der Waals surface area contributed by atoms with Gasteiger partial charge in [0.25, 0.3) is 5.85 Å². The fraction of sp³-hybridized carbons (Fsp3) is 0.706. The van der Waals surface area contributed by atoms with Gasteiger partial charge in [0.2, 0.25) is 11.8 Å². The van der Waals surface area contributed by atoms with Crippen LogP contribution < -0.4 is 10.5 Å². The molecule has 2 unspecified atom stereocenters. The standard InChI is InChI=1S/C17H24F2N5O6P/c1-4-26-14-12-13(22-16(20)23-14)24(8-21-12)15-10(18)5-11-17(19,29-15)7-28-31(25,30-11)27-6-9(2)3/h8-11,15H,4-7H2,1-3H3,(H2,20,22,23)/t10?,11-,15+,17+,31?/m0/s1. The number of anilines is 1. The molecule has 4 heterocycles. The Bertz CT molecular complexity index is 1010. The summed E-state index contributed by atoms with van der Waals surface area (Å²) in [5, 5.41) is 0. The van der Waals surface area contributed by atoms with Crippen molar-refractivity contribution in [3.8, 4) is 5.88 Å². The van der Waals surface area contributed by atoms with Crippen LogP contribution in [-0.2, 0) is 22.9 Å². The number of phosphoric ester groups is 1. The maximum absolute atomic E-state index is 15.5. The summed E-state index contributed by atoms with van der Waals surface area (Å²) in [5.41, 5.74) is 6.07. The van der Waals surface area contributed by atoms with Gasteiger partial charge in [0, 0.05) is 6.42 Å². The zero-order valence-electron chi connectivity index (χ0n) is 17.2. The molecule has 31 heavy (non-hydrogen) atoms. The first-order chi connectivity index (χ1) is 14.6. The van der Waals surface area contributed by atoms with Crippen LogP contribution in [0.4, 0.5) is 14.7 Å². The summed E-state index contributed by atoms with van der Waals surface area (Å²) in [4.78, 5) is 12.2. The largest absolute Gasteiger partial charge is 0.476 e. The highest BCUT2D eigenvalue weighted by Crippen LogP contribution is 2.59. The number of aromatic nitrogens is 4. The van der Waals surface area contributed by atoms with Gasteiger partial charge in [0.15, 0.2) is 17.4 Å². The third-order valence-electron chi connectivity index (χ3n) is 4.75. The van der Waals surface area contributed by atoms with Gasteiger partial charge in [-0.1, -0.05) is 13.8 Å². The number of nitrogens with zero attached hydrogens (tertiary/aromatic N) is 4. The molecule has 2 N–H and O–H groups in total. The molecule has 4 rings (SSSR count). The molecule has 0 aliphatic carbocycles. The van der Waals surface area contributed by atoms with Crippen LogP contribution in [0.15, 0.2) is 6.33 Å². The number of halogens is 2. The van der Waals surface area contributed by atoms with Crippen LogP contribution in [0.2, 0.25) is 0 Å². The van der Waals surface area contributed by atoms with Gasteiger partial charge in [-0.25, -0.2) is 18.3 Å². The van der Waals surface area contributed by atoms with Crippen molar-refractivity contribution in [1.29, 1.82) is 0 Å². The first-order valence-electron chi connectivity index (χ1n) is 9.85. The SMILES string of the molecule is CCOc1nc(N)nc2c1ncn2[C@@H]1O[C@]2(F)COP(=O)(OCC(C)C)O[C@H]2CC1F. The maximum Gasteiger partial charge on any atom is 0.475 e. The van der Waals surface area contributed by atoms with Gasteiger partial charge in [0.05, 0.1) is 19.5 Å². The van der Waals surface area contributed by atoms with Crippen LogP contribution >= 0.6 is 7.82 Å². The van der Waals surface area contributed by atoms with E-state index in [1.807, 2.05) is 13.8 Å². The van der Waals surface area contributed by atoms with E-state index in [-0.39, 0.29) is 35.5 Å². The molecule has 0 saturated carbocycles. The van der Waals surface area contributed by atoms with Crippen molar-refractivity contribution in [2.45, 2.75) is 51.6 Å². The third kappa shape index (κ3) is 4.24. The Morgan fingerprint density at radius 2 is 2.23 bits per heavy atom. The molecule has 2 aromatic rings. The summed E-state index contributed by atoms with van der Waals surface area (Å²) in [6.45, 7) is 5.06. The van der Waals surface area contributed by atoms with E-state index >= 15 is 8.78 Å². The molecule has 11 nitrogen and oxygen atoms in total. The van der Waals surface area contributed by atoms with Crippen LogP contribution in [0.5, 0.6) is 5.88 Å². The average molecular weight is 463 g/mol. The van der Waals surface area contributed by atoms with Crippen molar-refractivity contribution in [1.82, 2.24) is 19.5 Å². The molecule has 0 amide bonds. The minimum absolute atomic E-state index is 0.0431.